The van der Waals surface area contributed by atoms with Crippen molar-refractivity contribution in [3.63, 3.8) is 0 Å². The lowest BCUT2D eigenvalue weighted by Crippen LogP contribution is -2.36. The molecule has 0 aliphatic rings. The number of halogens is 1. The normalized spacial score (nSPS) is 11.4. The molecular weight excluding hydrogens is 242 g/mol. The number of hydrogen-bond acceptors (Lipinski definition) is 1. The summed E-state index contributed by atoms with van der Waals surface area (Å²) in [6, 6.07) is 0. The van der Waals surface area contributed by atoms with Crippen LogP contribution in [0.5, 0.6) is 0 Å². The van der Waals surface area contributed by atoms with E-state index in [0.29, 0.717) is 0 Å². The fourth-order valence-electron chi connectivity index (χ4n) is 0.998. The number of rotatable bonds is 7. The third-order valence-electron chi connectivity index (χ3n) is 2.59. The van der Waals surface area contributed by atoms with Crippen LogP contribution < -0.4 is 5.32 Å². The molecule has 0 spiro atoms. The maximum absolute atomic E-state index is 11.6. The zero-order valence-corrected chi connectivity index (χ0v) is 11.1. The predicted molar refractivity (Wildman–Crippen MR) is 64.7 cm³/mol. The zero-order valence-electron chi connectivity index (χ0n) is 9.53. The van der Waals surface area contributed by atoms with E-state index < -0.39 is 0 Å². The second-order valence-corrected chi connectivity index (χ2v) is 5.04. The van der Waals surface area contributed by atoms with Crippen LogP contribution in [-0.4, -0.2) is 17.8 Å². The van der Waals surface area contributed by atoms with Crippen LogP contribution in [0.4, 0.5) is 0 Å². The van der Waals surface area contributed by atoms with Crippen molar-refractivity contribution in [2.75, 3.05) is 11.9 Å². The van der Waals surface area contributed by atoms with Crippen LogP contribution >= 0.6 is 15.9 Å². The molecule has 3 heteroatoms. The highest BCUT2D eigenvalue weighted by Gasteiger charge is 2.24. The van der Waals surface area contributed by atoms with Crippen molar-refractivity contribution in [3.05, 3.63) is 0 Å². The Bertz CT molecular complexity index is 169. The number of carbonyl (C=O) groups excluding carboxylic acids is 1. The molecule has 0 rings (SSSR count). The van der Waals surface area contributed by atoms with E-state index in [1.54, 1.807) is 0 Å². The Morgan fingerprint density at radius 2 is 1.93 bits per heavy atom. The van der Waals surface area contributed by atoms with E-state index in [9.17, 15) is 4.79 Å². The summed E-state index contributed by atoms with van der Waals surface area (Å²) in [4.78, 5) is 11.6. The molecule has 0 aliphatic carbocycles. The number of carbonyl (C=O) groups is 1. The van der Waals surface area contributed by atoms with E-state index in [2.05, 4.69) is 21.2 Å². The molecule has 0 radical (unpaired) electrons. The number of nitrogens with one attached hydrogen (secondary N) is 1. The fraction of sp³-hybridized carbons (Fsp3) is 0.909. The van der Waals surface area contributed by atoms with Crippen LogP contribution in [0.25, 0.3) is 0 Å². The van der Waals surface area contributed by atoms with Crippen LogP contribution in [0, 0.1) is 5.41 Å². The quantitative estimate of drug-likeness (QED) is 0.555. The van der Waals surface area contributed by atoms with Crippen LogP contribution in [0.2, 0.25) is 0 Å². The molecule has 0 atom stereocenters. The average molecular weight is 264 g/mol. The van der Waals surface area contributed by atoms with Gasteiger partial charge in [0.1, 0.15) is 0 Å². The molecule has 0 fully saturated rings. The Kier molecular flexibility index (Phi) is 7.24. The van der Waals surface area contributed by atoms with Gasteiger partial charge in [0.15, 0.2) is 0 Å². The minimum absolute atomic E-state index is 0.179. The number of unbranched alkanes of at least 4 members (excludes halogenated alkanes) is 2. The van der Waals surface area contributed by atoms with E-state index >= 15 is 0 Å². The maximum atomic E-state index is 11.6. The Labute approximate surface area is 96.0 Å². The predicted octanol–water partition coefficient (Wildman–Crippen LogP) is 3.10. The topological polar surface area (TPSA) is 29.1 Å². The summed E-state index contributed by atoms with van der Waals surface area (Å²) in [7, 11) is 0. The summed E-state index contributed by atoms with van der Waals surface area (Å²) in [5, 5.41) is 4.04. The first-order valence-corrected chi connectivity index (χ1v) is 6.51. The van der Waals surface area contributed by atoms with E-state index in [0.717, 1.165) is 24.7 Å². The van der Waals surface area contributed by atoms with Crippen LogP contribution in [-0.2, 0) is 4.79 Å². The van der Waals surface area contributed by atoms with Crippen molar-refractivity contribution in [2.24, 2.45) is 5.41 Å². The monoisotopic (exact) mass is 263 g/mol. The van der Waals surface area contributed by atoms with Gasteiger partial charge >= 0.3 is 0 Å². The SMILES string of the molecule is CCC(C)(C)C(=O)NCCCCCBr. The Hall–Kier alpha value is -0.0500. The lowest BCUT2D eigenvalue weighted by atomic mass is 9.89. The van der Waals surface area contributed by atoms with E-state index in [1.807, 2.05) is 20.8 Å². The van der Waals surface area contributed by atoms with Gasteiger partial charge in [0.2, 0.25) is 5.91 Å². The Morgan fingerprint density at radius 3 is 2.43 bits per heavy atom. The first-order valence-electron chi connectivity index (χ1n) is 5.39. The van der Waals surface area contributed by atoms with Crippen LogP contribution in [0.1, 0.15) is 46.5 Å². The maximum Gasteiger partial charge on any atom is 0.225 e. The minimum atomic E-state index is -0.213. The standard InChI is InChI=1S/C11H22BrNO/c1-4-11(2,3)10(14)13-9-7-5-6-8-12/h4-9H2,1-3H3,(H,13,14). The fourth-order valence-corrected chi connectivity index (χ4v) is 1.39. The molecule has 2 nitrogen and oxygen atoms in total. The molecule has 14 heavy (non-hydrogen) atoms. The molecule has 0 bridgehead atoms. The van der Waals surface area contributed by atoms with Gasteiger partial charge in [0.25, 0.3) is 0 Å². The molecular formula is C11H22BrNO. The minimum Gasteiger partial charge on any atom is -0.356 e. The molecule has 0 saturated heterocycles. The second kappa shape index (κ2) is 7.27. The summed E-state index contributed by atoms with van der Waals surface area (Å²) in [5.74, 6) is 0.179. The highest BCUT2D eigenvalue weighted by molar-refractivity contribution is 9.09. The van der Waals surface area contributed by atoms with E-state index in [1.165, 1.54) is 12.8 Å². The highest BCUT2D eigenvalue weighted by atomic mass is 79.9. The summed E-state index contributed by atoms with van der Waals surface area (Å²) in [5.41, 5.74) is -0.213. The van der Waals surface area contributed by atoms with Gasteiger partial charge in [0.05, 0.1) is 0 Å². The molecule has 0 aromatic carbocycles. The lowest BCUT2D eigenvalue weighted by Gasteiger charge is -2.21. The van der Waals surface area contributed by atoms with Gasteiger partial charge in [-0.3, -0.25) is 4.79 Å². The molecule has 84 valence electrons. The Balaban J connectivity index is 3.54. The van der Waals surface area contributed by atoms with Gasteiger partial charge in [-0.1, -0.05) is 43.1 Å². The summed E-state index contributed by atoms with van der Waals surface area (Å²) >= 11 is 3.39. The van der Waals surface area contributed by atoms with E-state index in [-0.39, 0.29) is 11.3 Å². The third kappa shape index (κ3) is 5.63. The van der Waals surface area contributed by atoms with Crippen molar-refractivity contribution in [3.8, 4) is 0 Å². The number of hydrogen-bond donors (Lipinski definition) is 1. The molecule has 0 aromatic heterocycles. The van der Waals surface area contributed by atoms with E-state index in [4.69, 9.17) is 0 Å². The Morgan fingerprint density at radius 1 is 1.29 bits per heavy atom. The van der Waals surface area contributed by atoms with Gasteiger partial charge < -0.3 is 5.32 Å². The second-order valence-electron chi connectivity index (χ2n) is 4.24. The summed E-state index contributed by atoms with van der Waals surface area (Å²) in [6.07, 6.45) is 4.34. The van der Waals surface area contributed by atoms with Gasteiger partial charge in [-0.2, -0.15) is 0 Å². The highest BCUT2D eigenvalue weighted by Crippen LogP contribution is 2.19. The first-order chi connectivity index (χ1) is 6.54. The first kappa shape index (κ1) is 13.9. The van der Waals surface area contributed by atoms with Crippen molar-refractivity contribution in [2.45, 2.75) is 46.5 Å². The zero-order chi connectivity index (χ0) is 11.0. The van der Waals surface area contributed by atoms with Crippen molar-refractivity contribution in [1.82, 2.24) is 5.32 Å². The molecule has 0 saturated carbocycles. The van der Waals surface area contributed by atoms with Gasteiger partial charge in [-0.05, 0) is 19.3 Å². The summed E-state index contributed by atoms with van der Waals surface area (Å²) < 4.78 is 0. The molecule has 0 heterocycles. The van der Waals surface area contributed by atoms with Crippen LogP contribution in [0.3, 0.4) is 0 Å². The molecule has 1 amide bonds. The number of amides is 1. The van der Waals surface area contributed by atoms with Gasteiger partial charge in [-0.15, -0.1) is 0 Å². The number of alkyl halides is 1. The third-order valence-corrected chi connectivity index (χ3v) is 3.16. The molecule has 0 unspecified atom stereocenters. The lowest BCUT2D eigenvalue weighted by molar-refractivity contribution is -0.129. The molecule has 0 aromatic rings. The van der Waals surface area contributed by atoms with Crippen molar-refractivity contribution in [1.29, 1.82) is 0 Å². The van der Waals surface area contributed by atoms with Crippen molar-refractivity contribution >= 4 is 21.8 Å². The van der Waals surface area contributed by atoms with Crippen LogP contribution in [0.15, 0.2) is 0 Å². The molecule has 0 aliphatic heterocycles. The smallest absolute Gasteiger partial charge is 0.225 e. The molecule has 1 N–H and O–H groups in total. The summed E-state index contributed by atoms with van der Waals surface area (Å²) in [6.45, 7) is 6.83. The largest absolute Gasteiger partial charge is 0.356 e. The van der Waals surface area contributed by atoms with Gasteiger partial charge in [-0.25, -0.2) is 0 Å². The van der Waals surface area contributed by atoms with Crippen molar-refractivity contribution < 1.29 is 4.79 Å². The average Bonchev–Trinajstić information content (AvgIpc) is 2.17. The van der Waals surface area contributed by atoms with Gasteiger partial charge in [0, 0.05) is 17.3 Å².